The van der Waals surface area contributed by atoms with Gasteiger partial charge in [-0.3, -0.25) is 4.79 Å². The van der Waals surface area contributed by atoms with Gasteiger partial charge in [0.25, 0.3) is 0 Å². The first-order valence-electron chi connectivity index (χ1n) is 7.18. The highest BCUT2D eigenvalue weighted by molar-refractivity contribution is 5.87. The van der Waals surface area contributed by atoms with Crippen LogP contribution in [-0.2, 0) is 16.4 Å². The van der Waals surface area contributed by atoms with Gasteiger partial charge in [0.1, 0.15) is 0 Å². The number of halogens is 3. The molecular weight excluding hydrogens is 295 g/mol. The molecule has 3 nitrogen and oxygen atoms in total. The monoisotopic (exact) mass is 317 g/mol. The van der Waals surface area contributed by atoms with E-state index in [1.165, 1.54) is 12.1 Å². The molecule has 1 rings (SSSR count). The molecule has 22 heavy (non-hydrogen) atoms. The average Bonchev–Trinajstić information content (AvgIpc) is 2.44. The molecule has 0 aromatic heterocycles. The van der Waals surface area contributed by atoms with Crippen LogP contribution in [0, 0.1) is 0 Å². The van der Waals surface area contributed by atoms with Gasteiger partial charge in [0, 0.05) is 12.6 Å². The van der Waals surface area contributed by atoms with Gasteiger partial charge in [0.2, 0.25) is 5.91 Å². The fraction of sp³-hybridized carbons (Fsp3) is 0.562. The zero-order chi connectivity index (χ0) is 17.0. The van der Waals surface area contributed by atoms with Gasteiger partial charge >= 0.3 is 6.18 Å². The normalized spacial score (nSPS) is 13.8. The molecule has 1 amide bonds. The Morgan fingerprint density at radius 3 is 2.41 bits per heavy atom. The number of hydrogen-bond acceptors (Lipinski definition) is 2. The first kappa shape index (κ1) is 18.5. The summed E-state index contributed by atoms with van der Waals surface area (Å²) in [5.74, 6) is -0.336. The highest BCUT2D eigenvalue weighted by Gasteiger charge is 2.35. The van der Waals surface area contributed by atoms with Crippen molar-refractivity contribution in [1.82, 2.24) is 5.32 Å². The van der Waals surface area contributed by atoms with Crippen molar-refractivity contribution in [3.05, 3.63) is 35.4 Å². The Bertz CT molecular complexity index is 512. The third-order valence-corrected chi connectivity index (χ3v) is 3.65. The minimum atomic E-state index is -4.43. The number of benzene rings is 1. The Kier molecular flexibility index (Phi) is 6.00. The predicted octanol–water partition coefficient (Wildman–Crippen LogP) is 3.26. The van der Waals surface area contributed by atoms with E-state index in [1.54, 1.807) is 20.8 Å². The molecule has 2 N–H and O–H groups in total. The van der Waals surface area contributed by atoms with Crippen LogP contribution in [0.3, 0.4) is 0 Å². The van der Waals surface area contributed by atoms with Crippen molar-refractivity contribution in [2.24, 2.45) is 0 Å². The largest absolute Gasteiger partial charge is 0.416 e. The number of carbonyl (C=O) groups is 1. The van der Waals surface area contributed by atoms with Gasteiger partial charge in [-0.15, -0.1) is 0 Å². The first-order valence-corrected chi connectivity index (χ1v) is 7.18. The summed E-state index contributed by atoms with van der Waals surface area (Å²) in [7, 11) is 0. The lowest BCUT2D eigenvalue weighted by Gasteiger charge is -2.27. The van der Waals surface area contributed by atoms with Gasteiger partial charge in [0.15, 0.2) is 0 Å². The van der Waals surface area contributed by atoms with Crippen LogP contribution in [0.1, 0.15) is 44.7 Å². The third-order valence-electron chi connectivity index (χ3n) is 3.65. The van der Waals surface area contributed by atoms with Crippen molar-refractivity contribution in [3.8, 4) is 0 Å². The summed E-state index contributed by atoms with van der Waals surface area (Å²) >= 11 is 0. The Morgan fingerprint density at radius 1 is 1.27 bits per heavy atom. The number of aliphatic hydroxyl groups excluding tert-OH is 1. The van der Waals surface area contributed by atoms with E-state index in [0.717, 1.165) is 12.1 Å². The Balaban J connectivity index is 2.91. The van der Waals surface area contributed by atoms with Crippen LogP contribution in [-0.4, -0.2) is 23.7 Å². The maximum atomic E-state index is 12.8. The number of amides is 1. The number of nitrogens with one attached hydrogen (secondary N) is 1. The van der Waals surface area contributed by atoms with Gasteiger partial charge in [0.05, 0.1) is 11.0 Å². The molecule has 0 spiro atoms. The second kappa shape index (κ2) is 7.13. The van der Waals surface area contributed by atoms with Gasteiger partial charge in [-0.1, -0.05) is 18.2 Å². The van der Waals surface area contributed by atoms with Crippen molar-refractivity contribution < 1.29 is 23.1 Å². The summed E-state index contributed by atoms with van der Waals surface area (Å²) in [6, 6.07) is 4.68. The smallest absolute Gasteiger partial charge is 0.396 e. The number of alkyl halides is 3. The molecule has 0 radical (unpaired) electrons. The molecule has 0 aliphatic carbocycles. The molecule has 1 atom stereocenters. The van der Waals surface area contributed by atoms with E-state index >= 15 is 0 Å². The minimum absolute atomic E-state index is 0.0389. The number of carbonyl (C=O) groups excluding carboxylic acids is 1. The average molecular weight is 317 g/mol. The quantitative estimate of drug-likeness (QED) is 0.846. The second-order valence-corrected chi connectivity index (χ2v) is 5.94. The van der Waals surface area contributed by atoms with Crippen LogP contribution < -0.4 is 5.32 Å². The van der Waals surface area contributed by atoms with Crippen molar-refractivity contribution in [2.45, 2.75) is 51.2 Å². The van der Waals surface area contributed by atoms with Crippen LogP contribution in [0.2, 0.25) is 0 Å². The summed E-state index contributed by atoms with van der Waals surface area (Å²) in [6.07, 6.45) is -3.26. The molecule has 1 unspecified atom stereocenters. The van der Waals surface area contributed by atoms with E-state index in [-0.39, 0.29) is 18.6 Å². The van der Waals surface area contributed by atoms with E-state index < -0.39 is 17.2 Å². The summed E-state index contributed by atoms with van der Waals surface area (Å²) in [5.41, 5.74) is -1.53. The van der Waals surface area contributed by atoms with Crippen LogP contribution >= 0.6 is 0 Å². The second-order valence-electron chi connectivity index (χ2n) is 5.94. The Hall–Kier alpha value is -1.56. The van der Waals surface area contributed by atoms with E-state index in [2.05, 4.69) is 5.32 Å². The Labute approximate surface area is 128 Å². The molecule has 0 heterocycles. The zero-order valence-electron chi connectivity index (χ0n) is 13.0. The third kappa shape index (κ3) is 4.73. The van der Waals surface area contributed by atoms with Gasteiger partial charge < -0.3 is 10.4 Å². The fourth-order valence-electron chi connectivity index (χ4n) is 2.09. The molecule has 124 valence electrons. The highest BCUT2D eigenvalue weighted by Crippen LogP contribution is 2.33. The SMILES string of the molecule is CC(CCCO)NC(=O)C(C)(C)c1cccc(C(F)(F)F)c1. The lowest BCUT2D eigenvalue weighted by Crippen LogP contribution is -2.44. The molecular formula is C16H22F3NO2. The van der Waals surface area contributed by atoms with Crippen molar-refractivity contribution in [3.63, 3.8) is 0 Å². The van der Waals surface area contributed by atoms with Crippen LogP contribution in [0.4, 0.5) is 13.2 Å². The molecule has 1 aromatic carbocycles. The van der Waals surface area contributed by atoms with Gasteiger partial charge in [-0.2, -0.15) is 13.2 Å². The highest BCUT2D eigenvalue weighted by atomic mass is 19.4. The summed E-state index contributed by atoms with van der Waals surface area (Å²) in [4.78, 5) is 12.3. The zero-order valence-corrected chi connectivity index (χ0v) is 13.0. The van der Waals surface area contributed by atoms with Crippen molar-refractivity contribution in [1.29, 1.82) is 0 Å². The van der Waals surface area contributed by atoms with Crippen molar-refractivity contribution in [2.75, 3.05) is 6.61 Å². The van der Waals surface area contributed by atoms with Gasteiger partial charge in [-0.25, -0.2) is 0 Å². The van der Waals surface area contributed by atoms with E-state index in [0.29, 0.717) is 18.4 Å². The van der Waals surface area contributed by atoms with E-state index in [4.69, 9.17) is 5.11 Å². The molecule has 0 saturated carbocycles. The molecule has 6 heteroatoms. The fourth-order valence-corrected chi connectivity index (χ4v) is 2.09. The Morgan fingerprint density at radius 2 is 1.86 bits per heavy atom. The standard InChI is InChI=1S/C16H22F3NO2/c1-11(6-5-9-21)20-14(22)15(2,3)12-7-4-8-13(10-12)16(17,18)19/h4,7-8,10-11,21H,5-6,9H2,1-3H3,(H,20,22). The minimum Gasteiger partial charge on any atom is -0.396 e. The number of aliphatic hydroxyl groups is 1. The number of rotatable bonds is 6. The molecule has 0 fully saturated rings. The molecule has 0 aliphatic rings. The first-order chi connectivity index (χ1) is 10.1. The van der Waals surface area contributed by atoms with Crippen LogP contribution in [0.25, 0.3) is 0 Å². The molecule has 0 saturated heterocycles. The van der Waals surface area contributed by atoms with Crippen LogP contribution in [0.5, 0.6) is 0 Å². The van der Waals surface area contributed by atoms with E-state index in [9.17, 15) is 18.0 Å². The topological polar surface area (TPSA) is 49.3 Å². The molecule has 0 bridgehead atoms. The lowest BCUT2D eigenvalue weighted by atomic mass is 9.82. The maximum absolute atomic E-state index is 12.8. The van der Waals surface area contributed by atoms with E-state index in [1.807, 2.05) is 0 Å². The van der Waals surface area contributed by atoms with Crippen molar-refractivity contribution >= 4 is 5.91 Å². The summed E-state index contributed by atoms with van der Waals surface area (Å²) < 4.78 is 38.3. The molecule has 0 aliphatic heterocycles. The van der Waals surface area contributed by atoms with Gasteiger partial charge in [-0.05, 0) is 45.2 Å². The summed E-state index contributed by atoms with van der Waals surface area (Å²) in [5, 5.41) is 11.6. The number of hydrogen-bond donors (Lipinski definition) is 2. The summed E-state index contributed by atoms with van der Waals surface area (Å²) in [6.45, 7) is 5.03. The predicted molar refractivity (Wildman–Crippen MR) is 78.4 cm³/mol. The maximum Gasteiger partial charge on any atom is 0.416 e. The lowest BCUT2D eigenvalue weighted by molar-refractivity contribution is -0.138. The van der Waals surface area contributed by atoms with Crippen LogP contribution in [0.15, 0.2) is 24.3 Å². The molecule has 1 aromatic rings.